The molecule has 1 aliphatic heterocycles. The normalized spacial score (nSPS) is 16.1. The summed E-state index contributed by atoms with van der Waals surface area (Å²) in [6, 6.07) is 17.1. The fraction of sp³-hybridized carbons (Fsp3) is 0.400. The summed E-state index contributed by atoms with van der Waals surface area (Å²) in [4.78, 5) is 27.1. The van der Waals surface area contributed by atoms with Crippen LogP contribution >= 0.6 is 0 Å². The van der Waals surface area contributed by atoms with Gasteiger partial charge < -0.3 is 20.7 Å². The van der Waals surface area contributed by atoms with Gasteiger partial charge in [0.25, 0.3) is 5.91 Å². The van der Waals surface area contributed by atoms with Gasteiger partial charge in [-0.25, -0.2) is 0 Å². The van der Waals surface area contributed by atoms with E-state index in [9.17, 15) is 9.59 Å². The summed E-state index contributed by atoms with van der Waals surface area (Å²) in [5, 5.41) is 10.5. The Balaban J connectivity index is 1.61. The molecule has 0 spiro atoms. The van der Waals surface area contributed by atoms with Gasteiger partial charge in [-0.1, -0.05) is 42.5 Å². The number of carbonyl (C=O) groups is 2. The van der Waals surface area contributed by atoms with Crippen molar-refractivity contribution < 1.29 is 14.3 Å². The number of esters is 1. The Labute approximate surface area is 189 Å². The SMILES string of the molecule is COC(=O)[C@H](CC1CCN(C(=N)N)CC1)[C@@H](C)NC(=O)c1ccc(-c2ccccc2)cc1. The van der Waals surface area contributed by atoms with Crippen LogP contribution in [0.1, 0.15) is 36.5 Å². The molecule has 2 atom stereocenters. The number of hydrogen-bond donors (Lipinski definition) is 3. The number of nitrogens with two attached hydrogens (primary N) is 1. The summed E-state index contributed by atoms with van der Waals surface area (Å²) in [5.74, 6) is -0.545. The zero-order valence-electron chi connectivity index (χ0n) is 18.7. The number of guanidine groups is 1. The summed E-state index contributed by atoms with van der Waals surface area (Å²) < 4.78 is 5.03. The first-order valence-corrected chi connectivity index (χ1v) is 11.0. The molecule has 32 heavy (non-hydrogen) atoms. The molecular weight excluding hydrogens is 404 g/mol. The van der Waals surface area contributed by atoms with Crippen molar-refractivity contribution in [2.75, 3.05) is 20.2 Å². The number of piperidine rings is 1. The van der Waals surface area contributed by atoms with Crippen LogP contribution in [0.4, 0.5) is 0 Å². The largest absolute Gasteiger partial charge is 0.469 e. The molecule has 0 unspecified atom stereocenters. The molecule has 4 N–H and O–H groups in total. The first-order chi connectivity index (χ1) is 15.4. The minimum absolute atomic E-state index is 0.0897. The van der Waals surface area contributed by atoms with Crippen molar-refractivity contribution in [3.05, 3.63) is 60.2 Å². The summed E-state index contributed by atoms with van der Waals surface area (Å²) in [5.41, 5.74) is 8.26. The molecule has 0 saturated carbocycles. The monoisotopic (exact) mass is 436 g/mol. The fourth-order valence-corrected chi connectivity index (χ4v) is 4.26. The van der Waals surface area contributed by atoms with E-state index in [1.54, 1.807) is 12.1 Å². The van der Waals surface area contributed by atoms with Crippen LogP contribution in [-0.2, 0) is 9.53 Å². The third kappa shape index (κ3) is 5.87. The molecule has 170 valence electrons. The minimum Gasteiger partial charge on any atom is -0.469 e. The van der Waals surface area contributed by atoms with Gasteiger partial charge in [-0.05, 0) is 55.4 Å². The van der Waals surface area contributed by atoms with Crippen LogP contribution in [0.5, 0.6) is 0 Å². The molecule has 7 heteroatoms. The smallest absolute Gasteiger partial charge is 0.310 e. The van der Waals surface area contributed by atoms with Gasteiger partial charge in [0.15, 0.2) is 5.96 Å². The van der Waals surface area contributed by atoms with Gasteiger partial charge >= 0.3 is 5.97 Å². The number of nitrogens with one attached hydrogen (secondary N) is 2. The molecule has 1 aliphatic rings. The predicted octanol–water partition coefficient (Wildman–Crippen LogP) is 3.26. The third-order valence-electron chi connectivity index (χ3n) is 6.26. The van der Waals surface area contributed by atoms with Crippen molar-refractivity contribution in [1.82, 2.24) is 10.2 Å². The fourth-order valence-electron chi connectivity index (χ4n) is 4.26. The molecule has 0 aromatic heterocycles. The van der Waals surface area contributed by atoms with E-state index in [-0.39, 0.29) is 23.9 Å². The van der Waals surface area contributed by atoms with Crippen LogP contribution in [0, 0.1) is 17.2 Å². The second-order valence-corrected chi connectivity index (χ2v) is 8.39. The second-order valence-electron chi connectivity index (χ2n) is 8.39. The van der Waals surface area contributed by atoms with Gasteiger partial charge in [-0.15, -0.1) is 0 Å². The molecule has 0 radical (unpaired) electrons. The van der Waals surface area contributed by atoms with Gasteiger partial charge in [-0.2, -0.15) is 0 Å². The highest BCUT2D eigenvalue weighted by molar-refractivity contribution is 5.95. The molecule has 2 aromatic rings. The molecule has 1 amide bonds. The van der Waals surface area contributed by atoms with Gasteiger partial charge in [0.1, 0.15) is 0 Å². The van der Waals surface area contributed by atoms with Crippen molar-refractivity contribution in [2.45, 2.75) is 32.2 Å². The Bertz CT molecular complexity index is 922. The average molecular weight is 437 g/mol. The topological polar surface area (TPSA) is 109 Å². The van der Waals surface area contributed by atoms with E-state index in [0.717, 1.165) is 24.0 Å². The highest BCUT2D eigenvalue weighted by Gasteiger charge is 2.32. The van der Waals surface area contributed by atoms with E-state index in [0.29, 0.717) is 31.0 Å². The van der Waals surface area contributed by atoms with Gasteiger partial charge in [0, 0.05) is 24.7 Å². The first kappa shape index (κ1) is 23.3. The van der Waals surface area contributed by atoms with Gasteiger partial charge in [-0.3, -0.25) is 15.0 Å². The van der Waals surface area contributed by atoms with Crippen LogP contribution in [-0.4, -0.2) is 49.0 Å². The lowest BCUT2D eigenvalue weighted by atomic mass is 9.84. The number of benzene rings is 2. The summed E-state index contributed by atoms with van der Waals surface area (Å²) >= 11 is 0. The molecule has 1 heterocycles. The number of nitrogens with zero attached hydrogens (tertiary/aromatic N) is 1. The van der Waals surface area contributed by atoms with Crippen LogP contribution in [0.15, 0.2) is 54.6 Å². The number of likely N-dealkylation sites (tertiary alicyclic amines) is 1. The predicted molar refractivity (Wildman–Crippen MR) is 125 cm³/mol. The molecule has 0 aliphatic carbocycles. The van der Waals surface area contributed by atoms with E-state index in [1.807, 2.05) is 54.3 Å². The third-order valence-corrected chi connectivity index (χ3v) is 6.26. The molecule has 0 bridgehead atoms. The molecule has 7 nitrogen and oxygen atoms in total. The van der Waals surface area contributed by atoms with Crippen LogP contribution in [0.3, 0.4) is 0 Å². The number of ether oxygens (including phenoxy) is 1. The van der Waals surface area contributed by atoms with Crippen LogP contribution < -0.4 is 11.1 Å². The first-order valence-electron chi connectivity index (χ1n) is 11.0. The summed E-state index contributed by atoms with van der Waals surface area (Å²) in [6.45, 7) is 3.27. The van der Waals surface area contributed by atoms with Crippen molar-refractivity contribution in [1.29, 1.82) is 5.41 Å². The highest BCUT2D eigenvalue weighted by atomic mass is 16.5. The van der Waals surface area contributed by atoms with Crippen LogP contribution in [0.25, 0.3) is 11.1 Å². The van der Waals surface area contributed by atoms with Crippen LogP contribution in [0.2, 0.25) is 0 Å². The lowest BCUT2D eigenvalue weighted by Crippen LogP contribution is -2.45. The van der Waals surface area contributed by atoms with Gasteiger partial charge in [0.2, 0.25) is 0 Å². The Morgan fingerprint density at radius 1 is 1.09 bits per heavy atom. The lowest BCUT2D eigenvalue weighted by Gasteiger charge is -2.34. The van der Waals surface area contributed by atoms with Gasteiger partial charge in [0.05, 0.1) is 13.0 Å². The van der Waals surface area contributed by atoms with E-state index >= 15 is 0 Å². The molecular formula is C25H32N4O3. The Morgan fingerprint density at radius 3 is 2.25 bits per heavy atom. The molecule has 1 fully saturated rings. The Morgan fingerprint density at radius 2 is 1.69 bits per heavy atom. The number of carbonyl (C=O) groups excluding carboxylic acids is 2. The number of hydrogen-bond acceptors (Lipinski definition) is 4. The van der Waals surface area contributed by atoms with Crippen molar-refractivity contribution in [2.24, 2.45) is 17.6 Å². The van der Waals surface area contributed by atoms with Crippen molar-refractivity contribution >= 4 is 17.8 Å². The maximum atomic E-state index is 12.8. The van der Waals surface area contributed by atoms with E-state index in [4.69, 9.17) is 15.9 Å². The van der Waals surface area contributed by atoms with E-state index in [1.165, 1.54) is 7.11 Å². The summed E-state index contributed by atoms with van der Waals surface area (Å²) in [7, 11) is 1.38. The maximum absolute atomic E-state index is 12.8. The Kier molecular flexibility index (Phi) is 7.87. The average Bonchev–Trinajstić information content (AvgIpc) is 2.82. The Hall–Kier alpha value is -3.35. The number of rotatable bonds is 7. The minimum atomic E-state index is -0.429. The zero-order valence-corrected chi connectivity index (χ0v) is 18.7. The molecule has 1 saturated heterocycles. The second kappa shape index (κ2) is 10.8. The van der Waals surface area contributed by atoms with Crippen molar-refractivity contribution in [3.8, 4) is 11.1 Å². The number of amides is 1. The standard InChI is InChI=1S/C25H32N4O3/c1-17(22(24(31)32-2)16-18-12-14-29(15-13-18)25(26)27)28-23(30)21-10-8-20(9-11-21)19-6-4-3-5-7-19/h3-11,17-18,22H,12-16H2,1-2H3,(H3,26,27)(H,28,30)/t17-,22-/m1/s1. The molecule has 2 aromatic carbocycles. The number of methoxy groups -OCH3 is 1. The van der Waals surface area contributed by atoms with E-state index < -0.39 is 5.92 Å². The lowest BCUT2D eigenvalue weighted by molar-refractivity contribution is -0.147. The zero-order chi connectivity index (χ0) is 23.1. The summed E-state index contributed by atoms with van der Waals surface area (Å²) in [6.07, 6.45) is 2.34. The highest BCUT2D eigenvalue weighted by Crippen LogP contribution is 2.27. The van der Waals surface area contributed by atoms with E-state index in [2.05, 4.69) is 5.32 Å². The van der Waals surface area contributed by atoms with Crippen molar-refractivity contribution in [3.63, 3.8) is 0 Å². The quantitative estimate of drug-likeness (QED) is 0.351. The molecule has 3 rings (SSSR count). The maximum Gasteiger partial charge on any atom is 0.310 e.